The van der Waals surface area contributed by atoms with E-state index in [0.29, 0.717) is 5.56 Å². The SMILES string of the molecule is CC(C)c1cc(C(C)C)c(C(C)C)c(C(=O)NN)c1O. The van der Waals surface area contributed by atoms with E-state index in [2.05, 4.69) is 19.3 Å². The molecule has 4 heteroatoms. The molecule has 1 rings (SSSR count). The van der Waals surface area contributed by atoms with Crippen molar-refractivity contribution in [3.05, 3.63) is 28.3 Å². The minimum absolute atomic E-state index is 0.0519. The van der Waals surface area contributed by atoms with Gasteiger partial charge in [0, 0.05) is 0 Å². The molecule has 0 aliphatic rings. The zero-order valence-corrected chi connectivity index (χ0v) is 13.2. The molecule has 0 aliphatic carbocycles. The third kappa shape index (κ3) is 2.96. The second kappa shape index (κ2) is 6.27. The van der Waals surface area contributed by atoms with Crippen LogP contribution in [0.3, 0.4) is 0 Å². The molecular formula is C16H26N2O2. The predicted octanol–water partition coefficient (Wildman–Crippen LogP) is 3.37. The first-order chi connectivity index (χ1) is 9.22. The number of hydrazine groups is 1. The number of nitrogens with one attached hydrogen (secondary N) is 1. The Labute approximate surface area is 121 Å². The molecule has 1 aromatic rings. The molecule has 0 heterocycles. The maximum atomic E-state index is 12.1. The van der Waals surface area contributed by atoms with Crippen LogP contribution < -0.4 is 11.3 Å². The smallest absolute Gasteiger partial charge is 0.269 e. The van der Waals surface area contributed by atoms with Crippen molar-refractivity contribution in [2.45, 2.75) is 59.3 Å². The van der Waals surface area contributed by atoms with Crippen LogP contribution in [-0.2, 0) is 0 Å². The number of benzene rings is 1. The van der Waals surface area contributed by atoms with E-state index in [1.54, 1.807) is 0 Å². The molecule has 0 unspecified atom stereocenters. The largest absolute Gasteiger partial charge is 0.507 e. The van der Waals surface area contributed by atoms with Crippen LogP contribution in [0, 0.1) is 0 Å². The van der Waals surface area contributed by atoms with Crippen LogP contribution in [0.2, 0.25) is 0 Å². The topological polar surface area (TPSA) is 75.4 Å². The Morgan fingerprint density at radius 3 is 1.90 bits per heavy atom. The van der Waals surface area contributed by atoms with Crippen molar-refractivity contribution in [2.75, 3.05) is 0 Å². The zero-order chi connectivity index (χ0) is 15.6. The van der Waals surface area contributed by atoms with Crippen molar-refractivity contribution in [1.82, 2.24) is 5.43 Å². The maximum absolute atomic E-state index is 12.1. The fourth-order valence-electron chi connectivity index (χ4n) is 2.57. The summed E-state index contributed by atoms with van der Waals surface area (Å²) in [6.07, 6.45) is 0. The number of aromatic hydroxyl groups is 1. The summed E-state index contributed by atoms with van der Waals surface area (Å²) in [6.45, 7) is 12.2. The summed E-state index contributed by atoms with van der Waals surface area (Å²) in [5.74, 6) is 5.44. The summed E-state index contributed by atoms with van der Waals surface area (Å²) in [5.41, 5.74) is 5.23. The normalized spacial score (nSPS) is 11.5. The molecule has 0 bridgehead atoms. The van der Waals surface area contributed by atoms with E-state index in [0.717, 1.165) is 16.7 Å². The lowest BCUT2D eigenvalue weighted by atomic mass is 9.82. The Balaban J connectivity index is 3.78. The van der Waals surface area contributed by atoms with Crippen LogP contribution in [0.15, 0.2) is 6.07 Å². The van der Waals surface area contributed by atoms with Crippen molar-refractivity contribution in [3.63, 3.8) is 0 Å². The lowest BCUT2D eigenvalue weighted by Gasteiger charge is -2.24. The lowest BCUT2D eigenvalue weighted by molar-refractivity contribution is 0.0949. The summed E-state index contributed by atoms with van der Waals surface area (Å²) in [6, 6.07) is 2.02. The molecule has 4 N–H and O–H groups in total. The highest BCUT2D eigenvalue weighted by Crippen LogP contribution is 2.39. The van der Waals surface area contributed by atoms with Crippen LogP contribution in [0.5, 0.6) is 5.75 Å². The highest BCUT2D eigenvalue weighted by Gasteiger charge is 2.26. The summed E-state index contributed by atoms with van der Waals surface area (Å²) in [4.78, 5) is 12.1. The molecular weight excluding hydrogens is 252 g/mol. The lowest BCUT2D eigenvalue weighted by Crippen LogP contribution is -2.31. The zero-order valence-electron chi connectivity index (χ0n) is 13.2. The van der Waals surface area contributed by atoms with Crippen molar-refractivity contribution in [3.8, 4) is 5.75 Å². The van der Waals surface area contributed by atoms with E-state index in [9.17, 15) is 9.90 Å². The quantitative estimate of drug-likeness (QED) is 0.449. The van der Waals surface area contributed by atoms with Crippen molar-refractivity contribution < 1.29 is 9.90 Å². The van der Waals surface area contributed by atoms with Crippen LogP contribution in [0.25, 0.3) is 0 Å². The number of phenols is 1. The van der Waals surface area contributed by atoms with Gasteiger partial charge in [-0.2, -0.15) is 0 Å². The predicted molar refractivity (Wildman–Crippen MR) is 82.0 cm³/mol. The summed E-state index contributed by atoms with van der Waals surface area (Å²) in [7, 11) is 0. The van der Waals surface area contributed by atoms with Gasteiger partial charge in [-0.25, -0.2) is 5.84 Å². The molecule has 0 aromatic heterocycles. The molecule has 4 nitrogen and oxygen atoms in total. The third-order valence-corrected chi connectivity index (χ3v) is 3.58. The average Bonchev–Trinajstić information content (AvgIpc) is 2.36. The molecule has 1 amide bonds. The second-order valence-corrected chi connectivity index (χ2v) is 6.13. The Morgan fingerprint density at radius 2 is 1.55 bits per heavy atom. The van der Waals surface area contributed by atoms with Gasteiger partial charge in [0.25, 0.3) is 5.91 Å². The Morgan fingerprint density at radius 1 is 1.05 bits per heavy atom. The Hall–Kier alpha value is -1.55. The van der Waals surface area contributed by atoms with E-state index >= 15 is 0 Å². The molecule has 20 heavy (non-hydrogen) atoms. The van der Waals surface area contributed by atoms with Crippen molar-refractivity contribution in [1.29, 1.82) is 0 Å². The summed E-state index contributed by atoms with van der Waals surface area (Å²) < 4.78 is 0. The van der Waals surface area contributed by atoms with Gasteiger partial charge in [-0.1, -0.05) is 47.6 Å². The van der Waals surface area contributed by atoms with Crippen LogP contribution in [0.4, 0.5) is 0 Å². The molecule has 112 valence electrons. The number of hydrogen-bond acceptors (Lipinski definition) is 3. The number of hydrogen-bond donors (Lipinski definition) is 3. The van der Waals surface area contributed by atoms with E-state index in [-0.39, 0.29) is 23.5 Å². The molecule has 0 spiro atoms. The van der Waals surface area contributed by atoms with Gasteiger partial charge >= 0.3 is 0 Å². The van der Waals surface area contributed by atoms with E-state index in [1.807, 2.05) is 33.8 Å². The van der Waals surface area contributed by atoms with Gasteiger partial charge in [0.1, 0.15) is 5.75 Å². The molecule has 0 aliphatic heterocycles. The Bertz CT molecular complexity index is 506. The number of phenolic OH excluding ortho intramolecular Hbond substituents is 1. The van der Waals surface area contributed by atoms with E-state index < -0.39 is 5.91 Å². The first-order valence-electron chi connectivity index (χ1n) is 7.12. The highest BCUT2D eigenvalue weighted by molar-refractivity contribution is 5.99. The minimum Gasteiger partial charge on any atom is -0.507 e. The molecule has 1 aromatic carbocycles. The van der Waals surface area contributed by atoms with E-state index in [1.165, 1.54) is 0 Å². The van der Waals surface area contributed by atoms with Gasteiger partial charge in [0.15, 0.2) is 0 Å². The van der Waals surface area contributed by atoms with Crippen molar-refractivity contribution in [2.24, 2.45) is 5.84 Å². The van der Waals surface area contributed by atoms with E-state index in [4.69, 9.17) is 5.84 Å². The highest BCUT2D eigenvalue weighted by atomic mass is 16.3. The number of carbonyl (C=O) groups is 1. The van der Waals surface area contributed by atoms with Gasteiger partial charge in [-0.3, -0.25) is 10.2 Å². The number of rotatable bonds is 4. The molecule has 0 saturated heterocycles. The minimum atomic E-state index is -0.435. The summed E-state index contributed by atoms with van der Waals surface area (Å²) in [5, 5.41) is 10.5. The maximum Gasteiger partial charge on any atom is 0.269 e. The standard InChI is InChI=1S/C16H26N2O2/c1-8(2)11-7-12(9(3)4)15(19)14(16(20)18-17)13(11)10(5)6/h7-10,19H,17H2,1-6H3,(H,18,20). The van der Waals surface area contributed by atoms with Gasteiger partial charge in [-0.15, -0.1) is 0 Å². The van der Waals surface area contributed by atoms with Gasteiger partial charge in [0.2, 0.25) is 0 Å². The van der Waals surface area contributed by atoms with Crippen LogP contribution >= 0.6 is 0 Å². The van der Waals surface area contributed by atoms with Gasteiger partial charge in [-0.05, 0) is 34.4 Å². The average molecular weight is 278 g/mol. The number of nitrogen functional groups attached to an aromatic ring is 1. The molecule has 0 radical (unpaired) electrons. The van der Waals surface area contributed by atoms with Crippen molar-refractivity contribution >= 4 is 5.91 Å². The van der Waals surface area contributed by atoms with Crippen LogP contribution in [0.1, 0.15) is 86.3 Å². The third-order valence-electron chi connectivity index (χ3n) is 3.58. The molecule has 0 atom stereocenters. The monoisotopic (exact) mass is 278 g/mol. The fraction of sp³-hybridized carbons (Fsp3) is 0.562. The summed E-state index contributed by atoms with van der Waals surface area (Å²) >= 11 is 0. The molecule has 0 saturated carbocycles. The molecule has 0 fully saturated rings. The first-order valence-corrected chi connectivity index (χ1v) is 7.12. The Kier molecular flexibility index (Phi) is 5.17. The number of nitrogens with two attached hydrogens (primary N) is 1. The fourth-order valence-corrected chi connectivity index (χ4v) is 2.57. The van der Waals surface area contributed by atoms with Gasteiger partial charge < -0.3 is 5.11 Å². The number of carbonyl (C=O) groups excluding carboxylic acids is 1. The van der Waals surface area contributed by atoms with Gasteiger partial charge in [0.05, 0.1) is 5.56 Å². The van der Waals surface area contributed by atoms with Crippen LogP contribution in [-0.4, -0.2) is 11.0 Å². The second-order valence-electron chi connectivity index (χ2n) is 6.13. The first kappa shape index (κ1) is 16.5. The number of amides is 1.